The zero-order valence-corrected chi connectivity index (χ0v) is 11.7. The average molecular weight is 315 g/mol. The second-order valence-corrected chi connectivity index (χ2v) is 5.71. The van der Waals surface area contributed by atoms with Gasteiger partial charge in [0.15, 0.2) is 0 Å². The van der Waals surface area contributed by atoms with E-state index in [0.29, 0.717) is 0 Å². The fraction of sp³-hybridized carbons (Fsp3) is 0.0833. The Morgan fingerprint density at radius 2 is 1.94 bits per heavy atom. The van der Waals surface area contributed by atoms with Crippen LogP contribution in [0.3, 0.4) is 0 Å². The molecule has 0 saturated heterocycles. The highest BCUT2D eigenvalue weighted by atomic mass is 79.9. The molecule has 1 heterocycles. The first kappa shape index (κ1) is 12.0. The highest BCUT2D eigenvalue weighted by Gasteiger charge is 2.04. The van der Waals surface area contributed by atoms with Gasteiger partial charge in [0, 0.05) is 16.1 Å². The molecule has 0 aliphatic carbocycles. The molecule has 1 aromatic heterocycles. The van der Waals surface area contributed by atoms with Gasteiger partial charge in [-0.2, -0.15) is 0 Å². The maximum atomic E-state index is 5.83. The fourth-order valence-electron chi connectivity index (χ4n) is 1.21. The zero-order chi connectivity index (χ0) is 11.5. The molecule has 0 spiro atoms. The summed E-state index contributed by atoms with van der Waals surface area (Å²) in [5, 5.41) is 1.72. The molecule has 1 nitrogen and oxygen atoms in total. The van der Waals surface area contributed by atoms with Crippen LogP contribution in [-0.2, 0) is 0 Å². The van der Waals surface area contributed by atoms with E-state index < -0.39 is 0 Å². The van der Waals surface area contributed by atoms with Crippen LogP contribution in [-0.4, -0.2) is 4.98 Å². The van der Waals surface area contributed by atoms with Gasteiger partial charge in [0.05, 0.1) is 4.47 Å². The van der Waals surface area contributed by atoms with E-state index in [1.807, 2.05) is 37.4 Å². The van der Waals surface area contributed by atoms with Crippen LogP contribution in [0.15, 0.2) is 50.9 Å². The van der Waals surface area contributed by atoms with Crippen molar-refractivity contribution in [1.29, 1.82) is 0 Å². The van der Waals surface area contributed by atoms with Crippen molar-refractivity contribution in [3.63, 3.8) is 0 Å². The number of nitrogens with zero attached hydrogens (tertiary/aromatic N) is 1. The van der Waals surface area contributed by atoms with Crippen molar-refractivity contribution in [2.75, 3.05) is 0 Å². The monoisotopic (exact) mass is 313 g/mol. The third-order valence-electron chi connectivity index (χ3n) is 1.97. The number of aryl methyl sites for hydroxylation is 1. The van der Waals surface area contributed by atoms with E-state index in [-0.39, 0.29) is 0 Å². The van der Waals surface area contributed by atoms with Gasteiger partial charge >= 0.3 is 0 Å². The van der Waals surface area contributed by atoms with Crippen LogP contribution < -0.4 is 0 Å². The van der Waals surface area contributed by atoms with Crippen molar-refractivity contribution in [2.45, 2.75) is 16.8 Å². The Bertz CT molecular complexity index is 499. The van der Waals surface area contributed by atoms with Gasteiger partial charge in [-0.05, 0) is 58.7 Å². The van der Waals surface area contributed by atoms with E-state index in [4.69, 9.17) is 11.6 Å². The highest BCUT2D eigenvalue weighted by molar-refractivity contribution is 9.10. The largest absolute Gasteiger partial charge is 0.248 e. The van der Waals surface area contributed by atoms with Crippen LogP contribution in [0.1, 0.15) is 5.56 Å². The Hall–Kier alpha value is -0.510. The number of hydrogen-bond donors (Lipinski definition) is 0. The van der Waals surface area contributed by atoms with Crippen LogP contribution in [0.25, 0.3) is 0 Å². The molecule has 0 unspecified atom stereocenters. The third-order valence-corrected chi connectivity index (χ3v) is 4.12. The molecule has 2 aromatic rings. The van der Waals surface area contributed by atoms with Crippen molar-refractivity contribution in [3.05, 3.63) is 51.6 Å². The zero-order valence-electron chi connectivity index (χ0n) is 8.58. The molecule has 0 atom stereocenters. The summed E-state index contributed by atoms with van der Waals surface area (Å²) in [6.07, 6.45) is 1.86. The number of hydrogen-bond acceptors (Lipinski definition) is 2. The predicted octanol–water partition coefficient (Wildman–Crippen LogP) is 4.96. The van der Waals surface area contributed by atoms with E-state index in [2.05, 4.69) is 27.0 Å². The number of aromatic nitrogens is 1. The van der Waals surface area contributed by atoms with E-state index in [0.717, 1.165) is 25.0 Å². The first-order valence-corrected chi connectivity index (χ1v) is 6.69. The normalized spacial score (nSPS) is 10.4. The summed E-state index contributed by atoms with van der Waals surface area (Å²) in [6.45, 7) is 2.02. The van der Waals surface area contributed by atoms with E-state index in [1.54, 1.807) is 11.8 Å². The molecular weight excluding hydrogens is 306 g/mol. The molecule has 0 aliphatic heterocycles. The Balaban J connectivity index is 2.23. The number of pyridine rings is 1. The molecule has 0 aliphatic rings. The lowest BCUT2D eigenvalue weighted by Gasteiger charge is -2.04. The summed E-state index contributed by atoms with van der Waals surface area (Å²) in [5.41, 5.74) is 1.15. The van der Waals surface area contributed by atoms with Crippen molar-refractivity contribution >= 4 is 39.3 Å². The van der Waals surface area contributed by atoms with Crippen LogP contribution in [0.5, 0.6) is 0 Å². The van der Waals surface area contributed by atoms with Crippen molar-refractivity contribution in [2.24, 2.45) is 0 Å². The standard InChI is InChI=1S/C12H9BrClNS/c1-8-6-11(13)12(15-7-8)16-10-4-2-9(14)3-5-10/h2-7H,1H3. The van der Waals surface area contributed by atoms with Gasteiger partial charge < -0.3 is 0 Å². The van der Waals surface area contributed by atoms with Gasteiger partial charge in [-0.25, -0.2) is 4.98 Å². The van der Waals surface area contributed by atoms with Gasteiger partial charge in [-0.1, -0.05) is 23.4 Å². The van der Waals surface area contributed by atoms with Gasteiger partial charge in [0.25, 0.3) is 0 Å². The molecule has 0 N–H and O–H groups in total. The lowest BCUT2D eigenvalue weighted by atomic mass is 10.3. The fourth-order valence-corrected chi connectivity index (χ4v) is 2.80. The van der Waals surface area contributed by atoms with E-state index in [9.17, 15) is 0 Å². The predicted molar refractivity (Wildman–Crippen MR) is 72.2 cm³/mol. The quantitative estimate of drug-likeness (QED) is 0.777. The molecule has 0 saturated carbocycles. The van der Waals surface area contributed by atoms with Gasteiger partial charge in [0.2, 0.25) is 0 Å². The number of benzene rings is 1. The Kier molecular flexibility index (Phi) is 3.90. The molecule has 0 radical (unpaired) electrons. The van der Waals surface area contributed by atoms with Gasteiger partial charge in [0.1, 0.15) is 5.03 Å². The number of rotatable bonds is 2. The van der Waals surface area contributed by atoms with Crippen molar-refractivity contribution in [1.82, 2.24) is 4.98 Å². The van der Waals surface area contributed by atoms with Crippen molar-refractivity contribution in [3.8, 4) is 0 Å². The number of halogens is 2. The summed E-state index contributed by atoms with van der Waals surface area (Å²) in [7, 11) is 0. The lowest BCUT2D eigenvalue weighted by molar-refractivity contribution is 1.08. The molecule has 0 amide bonds. The molecule has 0 fully saturated rings. The van der Waals surface area contributed by atoms with Crippen LogP contribution in [0, 0.1) is 6.92 Å². The summed E-state index contributed by atoms with van der Waals surface area (Å²) >= 11 is 11.0. The first-order chi connectivity index (χ1) is 7.65. The Labute approximate surface area is 112 Å². The molecule has 16 heavy (non-hydrogen) atoms. The second-order valence-electron chi connectivity index (χ2n) is 3.36. The molecule has 2 rings (SSSR count). The Morgan fingerprint density at radius 1 is 1.25 bits per heavy atom. The van der Waals surface area contributed by atoms with Crippen LogP contribution in [0.2, 0.25) is 5.02 Å². The SMILES string of the molecule is Cc1cnc(Sc2ccc(Cl)cc2)c(Br)c1. The molecule has 0 bridgehead atoms. The third kappa shape index (κ3) is 3.00. The second kappa shape index (κ2) is 5.21. The molecular formula is C12H9BrClNS. The van der Waals surface area contributed by atoms with Crippen LogP contribution in [0.4, 0.5) is 0 Å². The van der Waals surface area contributed by atoms with Gasteiger partial charge in [-0.3, -0.25) is 0 Å². The topological polar surface area (TPSA) is 12.9 Å². The summed E-state index contributed by atoms with van der Waals surface area (Å²) < 4.78 is 1.02. The maximum Gasteiger partial charge on any atom is 0.115 e. The Morgan fingerprint density at radius 3 is 2.56 bits per heavy atom. The molecule has 82 valence electrons. The van der Waals surface area contributed by atoms with Gasteiger partial charge in [-0.15, -0.1) is 0 Å². The lowest BCUT2D eigenvalue weighted by Crippen LogP contribution is -1.83. The minimum Gasteiger partial charge on any atom is -0.248 e. The van der Waals surface area contributed by atoms with E-state index >= 15 is 0 Å². The molecule has 4 heteroatoms. The first-order valence-electron chi connectivity index (χ1n) is 4.71. The average Bonchev–Trinajstić information content (AvgIpc) is 2.25. The summed E-state index contributed by atoms with van der Waals surface area (Å²) in [6, 6.07) is 9.80. The smallest absolute Gasteiger partial charge is 0.115 e. The minimum atomic E-state index is 0.750. The maximum absolute atomic E-state index is 5.83. The molecule has 1 aromatic carbocycles. The van der Waals surface area contributed by atoms with Crippen molar-refractivity contribution < 1.29 is 0 Å². The van der Waals surface area contributed by atoms with E-state index in [1.165, 1.54) is 0 Å². The summed E-state index contributed by atoms with van der Waals surface area (Å²) in [5.74, 6) is 0. The summed E-state index contributed by atoms with van der Waals surface area (Å²) in [4.78, 5) is 5.50. The minimum absolute atomic E-state index is 0.750. The highest BCUT2D eigenvalue weighted by Crippen LogP contribution is 2.32. The van der Waals surface area contributed by atoms with Crippen LogP contribution >= 0.6 is 39.3 Å².